The average molecular weight is 266 g/mol. The van der Waals surface area contributed by atoms with Crippen molar-refractivity contribution in [1.29, 1.82) is 0 Å². The van der Waals surface area contributed by atoms with Crippen molar-refractivity contribution in [2.24, 2.45) is 0 Å². The van der Waals surface area contributed by atoms with Gasteiger partial charge in [0.15, 0.2) is 0 Å². The van der Waals surface area contributed by atoms with Crippen molar-refractivity contribution in [3.05, 3.63) is 30.1 Å². The number of ether oxygens (including phenoxy) is 1. The number of hydrogen-bond acceptors (Lipinski definition) is 5. The van der Waals surface area contributed by atoms with Crippen LogP contribution in [0, 0.1) is 0 Å². The second-order valence-corrected chi connectivity index (χ2v) is 4.53. The molecule has 0 radical (unpaired) electrons. The molecule has 1 unspecified atom stereocenters. The minimum Gasteiger partial charge on any atom is -0.466 e. The molecule has 1 atom stereocenters. The van der Waals surface area contributed by atoms with Gasteiger partial charge >= 0.3 is 5.97 Å². The lowest BCUT2D eigenvalue weighted by molar-refractivity contribution is -0.145. The van der Waals surface area contributed by atoms with Crippen LogP contribution in [0.1, 0.15) is 18.9 Å². The fraction of sp³-hybridized carbons (Fsp3) is 0.571. The highest BCUT2D eigenvalue weighted by Crippen LogP contribution is 2.01. The Morgan fingerprint density at radius 2 is 2.16 bits per heavy atom. The number of esters is 1. The lowest BCUT2D eigenvalue weighted by Gasteiger charge is -2.20. The number of carbonyl (C=O) groups excluding carboxylic acids is 1. The third-order valence-corrected chi connectivity index (χ3v) is 2.76. The molecule has 0 saturated heterocycles. The normalized spacial score (nSPS) is 12.4. The SMILES string of the molecule is CCOC(=O)CC(O)CN(C)CCc1ccncc1. The van der Waals surface area contributed by atoms with E-state index in [0.717, 1.165) is 13.0 Å². The number of aliphatic hydroxyl groups is 1. The average Bonchev–Trinajstić information content (AvgIpc) is 2.37. The molecule has 0 saturated carbocycles. The molecule has 5 heteroatoms. The first-order chi connectivity index (χ1) is 9.11. The van der Waals surface area contributed by atoms with Gasteiger partial charge in [-0.05, 0) is 38.1 Å². The Bertz CT molecular complexity index is 370. The molecule has 0 aliphatic carbocycles. The molecule has 0 spiro atoms. The van der Waals surface area contributed by atoms with E-state index in [1.807, 2.05) is 24.1 Å². The van der Waals surface area contributed by atoms with Gasteiger partial charge in [-0.1, -0.05) is 0 Å². The van der Waals surface area contributed by atoms with Gasteiger partial charge in [0.05, 0.1) is 19.1 Å². The van der Waals surface area contributed by atoms with Crippen molar-refractivity contribution in [2.45, 2.75) is 25.9 Å². The Hall–Kier alpha value is -1.46. The summed E-state index contributed by atoms with van der Waals surface area (Å²) in [5.74, 6) is -0.350. The second kappa shape index (κ2) is 8.61. The van der Waals surface area contributed by atoms with Crippen LogP contribution in [0.3, 0.4) is 0 Å². The summed E-state index contributed by atoms with van der Waals surface area (Å²) in [5, 5.41) is 9.76. The van der Waals surface area contributed by atoms with Crippen molar-refractivity contribution >= 4 is 5.97 Å². The molecule has 1 aromatic rings. The predicted molar refractivity (Wildman–Crippen MR) is 72.7 cm³/mol. The second-order valence-electron chi connectivity index (χ2n) is 4.53. The van der Waals surface area contributed by atoms with Crippen LogP contribution in [-0.4, -0.2) is 53.8 Å². The maximum Gasteiger partial charge on any atom is 0.308 e. The van der Waals surface area contributed by atoms with E-state index in [-0.39, 0.29) is 12.4 Å². The smallest absolute Gasteiger partial charge is 0.308 e. The number of pyridine rings is 1. The first-order valence-electron chi connectivity index (χ1n) is 6.53. The summed E-state index contributed by atoms with van der Waals surface area (Å²) in [7, 11) is 1.93. The number of rotatable bonds is 8. The lowest BCUT2D eigenvalue weighted by Crippen LogP contribution is -2.32. The lowest BCUT2D eigenvalue weighted by atomic mass is 10.2. The Kier molecular flexibility index (Phi) is 7.07. The zero-order valence-corrected chi connectivity index (χ0v) is 11.6. The van der Waals surface area contributed by atoms with Crippen LogP contribution >= 0.6 is 0 Å². The van der Waals surface area contributed by atoms with Crippen LogP contribution in [0.15, 0.2) is 24.5 Å². The largest absolute Gasteiger partial charge is 0.466 e. The third-order valence-electron chi connectivity index (χ3n) is 2.76. The van der Waals surface area contributed by atoms with Gasteiger partial charge < -0.3 is 14.7 Å². The summed E-state index contributed by atoms with van der Waals surface area (Å²) in [4.78, 5) is 17.2. The summed E-state index contributed by atoms with van der Waals surface area (Å²) in [5.41, 5.74) is 1.21. The van der Waals surface area contributed by atoms with E-state index in [4.69, 9.17) is 4.74 Å². The molecule has 1 rings (SSSR count). The molecule has 106 valence electrons. The van der Waals surface area contributed by atoms with E-state index in [1.54, 1.807) is 19.3 Å². The Morgan fingerprint density at radius 1 is 1.47 bits per heavy atom. The number of likely N-dealkylation sites (N-methyl/N-ethyl adjacent to an activating group) is 1. The van der Waals surface area contributed by atoms with Gasteiger partial charge in [0, 0.05) is 25.5 Å². The fourth-order valence-electron chi connectivity index (χ4n) is 1.80. The highest BCUT2D eigenvalue weighted by atomic mass is 16.5. The molecule has 1 N–H and O–H groups in total. The topological polar surface area (TPSA) is 62.7 Å². The van der Waals surface area contributed by atoms with Gasteiger partial charge in [0.2, 0.25) is 0 Å². The minimum atomic E-state index is -0.679. The first kappa shape index (κ1) is 15.6. The standard InChI is InChI=1S/C14H22N2O3/c1-3-19-14(18)10-13(17)11-16(2)9-6-12-4-7-15-8-5-12/h4-5,7-8,13,17H,3,6,9-11H2,1-2H3. The molecule has 0 bridgehead atoms. The zero-order chi connectivity index (χ0) is 14.1. The summed E-state index contributed by atoms with van der Waals surface area (Å²) in [6, 6.07) is 3.95. The van der Waals surface area contributed by atoms with E-state index in [2.05, 4.69) is 4.98 Å². The summed E-state index contributed by atoms with van der Waals surface area (Å²) in [6.07, 6.45) is 3.80. The summed E-state index contributed by atoms with van der Waals surface area (Å²) < 4.78 is 4.80. The van der Waals surface area contributed by atoms with Gasteiger partial charge in [-0.25, -0.2) is 0 Å². The van der Waals surface area contributed by atoms with E-state index < -0.39 is 6.10 Å². The van der Waals surface area contributed by atoms with Crippen molar-refractivity contribution in [1.82, 2.24) is 9.88 Å². The Balaban J connectivity index is 2.23. The first-order valence-corrected chi connectivity index (χ1v) is 6.53. The molecule has 0 fully saturated rings. The van der Waals surface area contributed by atoms with Crippen molar-refractivity contribution < 1.29 is 14.6 Å². The van der Waals surface area contributed by atoms with Gasteiger partial charge in [0.25, 0.3) is 0 Å². The predicted octanol–water partition coefficient (Wildman–Crippen LogP) is 0.870. The molecule has 0 aromatic carbocycles. The van der Waals surface area contributed by atoms with Gasteiger partial charge in [0.1, 0.15) is 0 Å². The molecule has 19 heavy (non-hydrogen) atoms. The van der Waals surface area contributed by atoms with Crippen molar-refractivity contribution in [2.75, 3.05) is 26.7 Å². The van der Waals surface area contributed by atoms with Gasteiger partial charge in [-0.2, -0.15) is 0 Å². The van der Waals surface area contributed by atoms with Crippen LogP contribution in [0.5, 0.6) is 0 Å². The molecule has 0 aliphatic rings. The zero-order valence-electron chi connectivity index (χ0n) is 11.6. The molecular weight excluding hydrogens is 244 g/mol. The number of aliphatic hydroxyl groups excluding tert-OH is 1. The van der Waals surface area contributed by atoms with Crippen molar-refractivity contribution in [3.8, 4) is 0 Å². The van der Waals surface area contributed by atoms with E-state index in [9.17, 15) is 9.90 Å². The minimum absolute atomic E-state index is 0.0490. The van der Waals surface area contributed by atoms with Crippen LogP contribution in [0.25, 0.3) is 0 Å². The molecular formula is C14H22N2O3. The highest BCUT2D eigenvalue weighted by Gasteiger charge is 2.13. The monoisotopic (exact) mass is 266 g/mol. The highest BCUT2D eigenvalue weighted by molar-refractivity contribution is 5.69. The summed E-state index contributed by atoms with van der Waals surface area (Å²) in [6.45, 7) is 3.39. The van der Waals surface area contributed by atoms with Crippen molar-refractivity contribution in [3.63, 3.8) is 0 Å². The summed E-state index contributed by atoms with van der Waals surface area (Å²) >= 11 is 0. The van der Waals surface area contributed by atoms with Crippen LogP contribution < -0.4 is 0 Å². The van der Waals surface area contributed by atoms with Crippen LogP contribution in [-0.2, 0) is 16.0 Å². The van der Waals surface area contributed by atoms with E-state index >= 15 is 0 Å². The molecule has 5 nitrogen and oxygen atoms in total. The molecule has 1 heterocycles. The van der Waals surface area contributed by atoms with Gasteiger partial charge in [-0.15, -0.1) is 0 Å². The molecule has 1 aromatic heterocycles. The number of hydrogen-bond donors (Lipinski definition) is 1. The Morgan fingerprint density at radius 3 is 2.79 bits per heavy atom. The number of nitrogens with zero attached hydrogens (tertiary/aromatic N) is 2. The fourth-order valence-corrected chi connectivity index (χ4v) is 1.80. The number of aromatic nitrogens is 1. The Labute approximate surface area is 114 Å². The molecule has 0 aliphatic heterocycles. The number of carbonyl (C=O) groups is 1. The van der Waals surface area contributed by atoms with E-state index in [1.165, 1.54) is 5.56 Å². The quantitative estimate of drug-likeness (QED) is 0.707. The molecule has 0 amide bonds. The van der Waals surface area contributed by atoms with Gasteiger partial charge in [-0.3, -0.25) is 9.78 Å². The third kappa shape index (κ3) is 6.88. The maximum atomic E-state index is 11.2. The maximum absolute atomic E-state index is 11.2. The van der Waals surface area contributed by atoms with Crippen LogP contribution in [0.4, 0.5) is 0 Å². The van der Waals surface area contributed by atoms with Crippen LogP contribution in [0.2, 0.25) is 0 Å². The van der Waals surface area contributed by atoms with E-state index in [0.29, 0.717) is 13.2 Å².